The Balaban J connectivity index is 1.92. The van der Waals surface area contributed by atoms with E-state index >= 15 is 0 Å². The molecule has 2 rings (SSSR count). The van der Waals surface area contributed by atoms with E-state index < -0.39 is 12.0 Å². The van der Waals surface area contributed by atoms with E-state index in [2.05, 4.69) is 35.8 Å². The average molecular weight is 291 g/mol. The third-order valence-corrected chi connectivity index (χ3v) is 4.12. The molecule has 0 aromatic heterocycles. The van der Waals surface area contributed by atoms with E-state index in [0.29, 0.717) is 12.5 Å². The molecule has 0 aliphatic carbocycles. The molecule has 5 heteroatoms. The molecule has 116 valence electrons. The fourth-order valence-electron chi connectivity index (χ4n) is 2.68. The number of piperazine rings is 1. The van der Waals surface area contributed by atoms with Gasteiger partial charge in [-0.25, -0.2) is 0 Å². The van der Waals surface area contributed by atoms with Gasteiger partial charge in [-0.2, -0.15) is 0 Å². The quantitative estimate of drug-likeness (QED) is 0.852. The number of carboxylic acids is 1. The van der Waals surface area contributed by atoms with E-state index in [1.807, 2.05) is 12.1 Å². The molecule has 0 amide bonds. The first-order valence-corrected chi connectivity index (χ1v) is 7.53. The molecule has 1 aliphatic rings. The van der Waals surface area contributed by atoms with Crippen LogP contribution >= 0.6 is 0 Å². The van der Waals surface area contributed by atoms with Crippen LogP contribution in [0, 0.1) is 0 Å². The summed E-state index contributed by atoms with van der Waals surface area (Å²) in [7, 11) is 0. The van der Waals surface area contributed by atoms with Gasteiger partial charge in [0.15, 0.2) is 0 Å². The Bertz CT molecular complexity index is 465. The lowest BCUT2D eigenvalue weighted by Crippen LogP contribution is -2.48. The lowest BCUT2D eigenvalue weighted by Gasteiger charge is -2.38. The molecule has 1 aromatic rings. The molecule has 1 aliphatic heterocycles. The monoisotopic (exact) mass is 291 g/mol. The molecule has 1 unspecified atom stereocenters. The lowest BCUT2D eigenvalue weighted by molar-refractivity contribution is -0.138. The minimum Gasteiger partial charge on any atom is -0.480 e. The summed E-state index contributed by atoms with van der Waals surface area (Å²) in [4.78, 5) is 15.6. The van der Waals surface area contributed by atoms with Gasteiger partial charge in [0.25, 0.3) is 0 Å². The Labute approximate surface area is 126 Å². The molecule has 0 saturated carbocycles. The summed E-state index contributed by atoms with van der Waals surface area (Å²) in [5.41, 5.74) is 7.72. The lowest BCUT2D eigenvalue weighted by atomic mass is 10.1. The fourth-order valence-corrected chi connectivity index (χ4v) is 2.68. The number of nitrogens with zero attached hydrogens (tertiary/aromatic N) is 2. The molecule has 0 radical (unpaired) electrons. The second-order valence-electron chi connectivity index (χ2n) is 5.93. The van der Waals surface area contributed by atoms with Gasteiger partial charge in [-0.05, 0) is 38.0 Å². The number of carbonyl (C=O) groups is 1. The Morgan fingerprint density at radius 1 is 1.19 bits per heavy atom. The van der Waals surface area contributed by atoms with Crippen LogP contribution in [0.2, 0.25) is 0 Å². The highest BCUT2D eigenvalue weighted by Crippen LogP contribution is 2.18. The van der Waals surface area contributed by atoms with Crippen molar-refractivity contribution >= 4 is 11.7 Å². The maximum atomic E-state index is 10.8. The van der Waals surface area contributed by atoms with E-state index in [1.54, 1.807) is 0 Å². The number of hydrogen-bond acceptors (Lipinski definition) is 4. The van der Waals surface area contributed by atoms with E-state index in [9.17, 15) is 4.79 Å². The second kappa shape index (κ2) is 6.91. The van der Waals surface area contributed by atoms with Crippen LogP contribution in [-0.2, 0) is 11.2 Å². The molecule has 5 nitrogen and oxygen atoms in total. The van der Waals surface area contributed by atoms with Crippen molar-refractivity contribution in [2.24, 2.45) is 5.73 Å². The summed E-state index contributed by atoms with van der Waals surface area (Å²) in [6, 6.07) is 7.86. The van der Waals surface area contributed by atoms with Crippen molar-refractivity contribution < 1.29 is 9.90 Å². The Kier molecular flexibility index (Phi) is 5.20. The van der Waals surface area contributed by atoms with Gasteiger partial charge in [0.1, 0.15) is 6.04 Å². The van der Waals surface area contributed by atoms with Crippen LogP contribution < -0.4 is 10.6 Å². The van der Waals surface area contributed by atoms with Gasteiger partial charge in [0.2, 0.25) is 0 Å². The van der Waals surface area contributed by atoms with E-state index in [1.165, 1.54) is 5.69 Å². The van der Waals surface area contributed by atoms with Gasteiger partial charge in [-0.1, -0.05) is 12.1 Å². The predicted octanol–water partition coefficient (Wildman–Crippen LogP) is 1.17. The first-order chi connectivity index (χ1) is 9.97. The zero-order valence-electron chi connectivity index (χ0n) is 12.8. The van der Waals surface area contributed by atoms with Gasteiger partial charge in [0.05, 0.1) is 0 Å². The third-order valence-electron chi connectivity index (χ3n) is 4.12. The molecule has 0 bridgehead atoms. The van der Waals surface area contributed by atoms with Crippen molar-refractivity contribution in [1.82, 2.24) is 4.90 Å². The SMILES string of the molecule is CC(C)N1CCN(c2ccc(CC(N)C(=O)O)cc2)CC1. The van der Waals surface area contributed by atoms with Gasteiger partial charge < -0.3 is 15.7 Å². The molecule has 1 heterocycles. The van der Waals surface area contributed by atoms with Gasteiger partial charge in [-0.3, -0.25) is 9.69 Å². The number of carboxylic acid groups (broad SMARTS) is 1. The number of nitrogens with two attached hydrogens (primary N) is 1. The number of benzene rings is 1. The topological polar surface area (TPSA) is 69.8 Å². The van der Waals surface area contributed by atoms with E-state index in [0.717, 1.165) is 31.7 Å². The summed E-state index contributed by atoms with van der Waals surface area (Å²) < 4.78 is 0. The summed E-state index contributed by atoms with van der Waals surface area (Å²) in [5.74, 6) is -0.955. The van der Waals surface area contributed by atoms with Crippen LogP contribution in [0.4, 0.5) is 5.69 Å². The fraction of sp³-hybridized carbons (Fsp3) is 0.562. The van der Waals surface area contributed by atoms with Crippen LogP contribution in [0.3, 0.4) is 0 Å². The summed E-state index contributed by atoms with van der Waals surface area (Å²) in [5, 5.41) is 8.83. The van der Waals surface area contributed by atoms with Crippen LogP contribution in [-0.4, -0.2) is 54.2 Å². The summed E-state index contributed by atoms with van der Waals surface area (Å²) in [6.07, 6.45) is 0.372. The van der Waals surface area contributed by atoms with Crippen molar-refractivity contribution in [2.45, 2.75) is 32.4 Å². The van der Waals surface area contributed by atoms with Crippen molar-refractivity contribution in [1.29, 1.82) is 0 Å². The predicted molar refractivity (Wildman–Crippen MR) is 84.7 cm³/mol. The molecule has 21 heavy (non-hydrogen) atoms. The van der Waals surface area contributed by atoms with Crippen molar-refractivity contribution in [3.63, 3.8) is 0 Å². The average Bonchev–Trinajstić information content (AvgIpc) is 2.48. The molecule has 1 aromatic carbocycles. The zero-order valence-corrected chi connectivity index (χ0v) is 12.8. The summed E-state index contributed by atoms with van der Waals surface area (Å²) in [6.45, 7) is 8.71. The van der Waals surface area contributed by atoms with E-state index in [4.69, 9.17) is 10.8 Å². The van der Waals surface area contributed by atoms with Gasteiger partial charge in [0, 0.05) is 37.9 Å². The molecule has 1 saturated heterocycles. The standard InChI is InChI=1S/C16H25N3O2/c1-12(2)18-7-9-19(10-8-18)14-5-3-13(4-6-14)11-15(17)16(20)21/h3-6,12,15H,7-11,17H2,1-2H3,(H,20,21). The summed E-state index contributed by atoms with van der Waals surface area (Å²) >= 11 is 0. The minimum atomic E-state index is -0.955. The molecule has 0 spiro atoms. The highest BCUT2D eigenvalue weighted by molar-refractivity contribution is 5.73. The van der Waals surface area contributed by atoms with Crippen LogP contribution in [0.25, 0.3) is 0 Å². The highest BCUT2D eigenvalue weighted by Gasteiger charge is 2.19. The number of rotatable bonds is 5. The van der Waals surface area contributed by atoms with Crippen LogP contribution in [0.5, 0.6) is 0 Å². The first kappa shape index (κ1) is 15.8. The molecule has 1 fully saturated rings. The third kappa shape index (κ3) is 4.19. The first-order valence-electron chi connectivity index (χ1n) is 7.53. The maximum absolute atomic E-state index is 10.8. The van der Waals surface area contributed by atoms with Gasteiger partial charge in [-0.15, -0.1) is 0 Å². The van der Waals surface area contributed by atoms with E-state index in [-0.39, 0.29) is 0 Å². The van der Waals surface area contributed by atoms with Gasteiger partial charge >= 0.3 is 5.97 Å². The van der Waals surface area contributed by atoms with Crippen molar-refractivity contribution in [3.8, 4) is 0 Å². The highest BCUT2D eigenvalue weighted by atomic mass is 16.4. The van der Waals surface area contributed by atoms with Crippen molar-refractivity contribution in [2.75, 3.05) is 31.1 Å². The van der Waals surface area contributed by atoms with Crippen LogP contribution in [0.1, 0.15) is 19.4 Å². The molecule has 1 atom stereocenters. The zero-order chi connectivity index (χ0) is 15.4. The Morgan fingerprint density at radius 3 is 2.24 bits per heavy atom. The Hall–Kier alpha value is -1.59. The smallest absolute Gasteiger partial charge is 0.320 e. The van der Waals surface area contributed by atoms with Crippen LogP contribution in [0.15, 0.2) is 24.3 Å². The number of hydrogen-bond donors (Lipinski definition) is 2. The second-order valence-corrected chi connectivity index (χ2v) is 5.93. The maximum Gasteiger partial charge on any atom is 0.320 e. The largest absolute Gasteiger partial charge is 0.480 e. The minimum absolute atomic E-state index is 0.372. The number of anilines is 1. The molecular formula is C16H25N3O2. The number of aliphatic carboxylic acids is 1. The Morgan fingerprint density at radius 2 is 1.76 bits per heavy atom. The molecule has 3 N–H and O–H groups in total. The normalized spacial score (nSPS) is 18.0. The van der Waals surface area contributed by atoms with Crippen molar-refractivity contribution in [3.05, 3.63) is 29.8 Å². The molecular weight excluding hydrogens is 266 g/mol.